The molecule has 2 rings (SSSR count). The van der Waals surface area contributed by atoms with E-state index in [0.29, 0.717) is 6.61 Å². The lowest BCUT2D eigenvalue weighted by Crippen LogP contribution is -2.45. The summed E-state index contributed by atoms with van der Waals surface area (Å²) in [6.45, 7) is 7.85. The van der Waals surface area contributed by atoms with Crippen LogP contribution in [-0.4, -0.2) is 24.8 Å². The van der Waals surface area contributed by atoms with Gasteiger partial charge in [-0.2, -0.15) is 0 Å². The maximum absolute atomic E-state index is 5.84. The van der Waals surface area contributed by atoms with E-state index in [9.17, 15) is 0 Å². The Hall–Kier alpha value is -1.22. The lowest BCUT2D eigenvalue weighted by molar-refractivity contribution is 0.0855. The Morgan fingerprint density at radius 3 is 2.62 bits per heavy atom. The van der Waals surface area contributed by atoms with E-state index in [1.807, 2.05) is 24.3 Å². The fourth-order valence-corrected chi connectivity index (χ4v) is 1.58. The first-order chi connectivity index (χ1) is 7.54. The number of fused-ring (bicyclic) bond motifs is 1. The molecule has 0 radical (unpaired) electrons. The number of para-hydroxylation sites is 2. The van der Waals surface area contributed by atoms with Gasteiger partial charge in [0.2, 0.25) is 0 Å². The molecule has 1 heterocycles. The summed E-state index contributed by atoms with van der Waals surface area (Å²) in [7, 11) is 0. The number of hydrogen-bond acceptors (Lipinski definition) is 3. The summed E-state index contributed by atoms with van der Waals surface area (Å²) in [4.78, 5) is 0. The van der Waals surface area contributed by atoms with E-state index in [-0.39, 0.29) is 11.6 Å². The third-order valence-corrected chi connectivity index (χ3v) is 2.43. The van der Waals surface area contributed by atoms with Crippen LogP contribution in [0.5, 0.6) is 11.5 Å². The van der Waals surface area contributed by atoms with Crippen molar-refractivity contribution >= 4 is 0 Å². The first-order valence-corrected chi connectivity index (χ1v) is 5.68. The molecule has 3 heteroatoms. The van der Waals surface area contributed by atoms with Gasteiger partial charge in [-0.15, -0.1) is 0 Å². The molecular formula is C13H19NO2. The second-order valence-electron chi connectivity index (χ2n) is 5.13. The van der Waals surface area contributed by atoms with Crippen molar-refractivity contribution in [1.82, 2.24) is 5.32 Å². The van der Waals surface area contributed by atoms with Crippen molar-refractivity contribution in [1.29, 1.82) is 0 Å². The number of hydrogen-bond donors (Lipinski definition) is 1. The predicted octanol–water partition coefficient (Wildman–Crippen LogP) is 2.21. The average Bonchev–Trinajstić information content (AvgIpc) is 2.25. The molecule has 1 aliphatic rings. The van der Waals surface area contributed by atoms with Crippen molar-refractivity contribution in [2.24, 2.45) is 0 Å². The lowest BCUT2D eigenvalue weighted by atomic mass is 10.1. The van der Waals surface area contributed by atoms with Gasteiger partial charge in [0, 0.05) is 12.1 Å². The molecule has 0 bridgehead atoms. The Morgan fingerprint density at radius 1 is 1.25 bits per heavy atom. The number of rotatable bonds is 2. The molecule has 0 amide bonds. The van der Waals surface area contributed by atoms with Gasteiger partial charge in [-0.3, -0.25) is 0 Å². The molecule has 3 nitrogen and oxygen atoms in total. The summed E-state index contributed by atoms with van der Waals surface area (Å²) in [6, 6.07) is 7.79. The summed E-state index contributed by atoms with van der Waals surface area (Å²) >= 11 is 0. The molecule has 0 saturated carbocycles. The molecule has 0 fully saturated rings. The fraction of sp³-hybridized carbons (Fsp3) is 0.538. The van der Waals surface area contributed by atoms with Gasteiger partial charge < -0.3 is 14.8 Å². The van der Waals surface area contributed by atoms with E-state index in [4.69, 9.17) is 9.47 Å². The summed E-state index contributed by atoms with van der Waals surface area (Å²) < 4.78 is 11.5. The maximum atomic E-state index is 5.84. The molecule has 1 aromatic carbocycles. The Kier molecular flexibility index (Phi) is 3.06. The number of benzene rings is 1. The molecule has 1 aliphatic heterocycles. The first-order valence-electron chi connectivity index (χ1n) is 5.68. The Labute approximate surface area is 96.8 Å². The van der Waals surface area contributed by atoms with E-state index in [2.05, 4.69) is 26.1 Å². The van der Waals surface area contributed by atoms with Crippen molar-refractivity contribution in [3.63, 3.8) is 0 Å². The lowest BCUT2D eigenvalue weighted by Gasteiger charge is -2.29. The number of nitrogens with one attached hydrogen (secondary N) is 1. The summed E-state index contributed by atoms with van der Waals surface area (Å²) in [5.41, 5.74) is 0.111. The average molecular weight is 221 g/mol. The molecule has 16 heavy (non-hydrogen) atoms. The predicted molar refractivity (Wildman–Crippen MR) is 64.1 cm³/mol. The van der Waals surface area contributed by atoms with Crippen molar-refractivity contribution < 1.29 is 9.47 Å². The van der Waals surface area contributed by atoms with E-state index in [1.165, 1.54) is 0 Å². The molecule has 1 N–H and O–H groups in total. The highest BCUT2D eigenvalue weighted by atomic mass is 16.6. The van der Waals surface area contributed by atoms with Gasteiger partial charge in [0.1, 0.15) is 12.7 Å². The van der Waals surface area contributed by atoms with E-state index < -0.39 is 0 Å². The zero-order chi connectivity index (χ0) is 11.6. The molecule has 88 valence electrons. The van der Waals surface area contributed by atoms with Crippen LogP contribution in [0.3, 0.4) is 0 Å². The van der Waals surface area contributed by atoms with Gasteiger partial charge in [0.05, 0.1) is 0 Å². The van der Waals surface area contributed by atoms with Crippen molar-refractivity contribution in [3.8, 4) is 11.5 Å². The number of ether oxygens (including phenoxy) is 2. The largest absolute Gasteiger partial charge is 0.486 e. The van der Waals surface area contributed by atoms with Crippen LogP contribution in [0.15, 0.2) is 24.3 Å². The van der Waals surface area contributed by atoms with Crippen molar-refractivity contribution in [3.05, 3.63) is 24.3 Å². The van der Waals surface area contributed by atoms with E-state index in [1.54, 1.807) is 0 Å². The smallest absolute Gasteiger partial charge is 0.161 e. The molecule has 0 saturated heterocycles. The summed E-state index contributed by atoms with van der Waals surface area (Å²) in [6.07, 6.45) is 0.0918. The molecule has 1 atom stereocenters. The molecule has 1 unspecified atom stereocenters. The zero-order valence-electron chi connectivity index (χ0n) is 10.1. The Balaban J connectivity index is 1.93. The van der Waals surface area contributed by atoms with Gasteiger partial charge in [-0.25, -0.2) is 0 Å². The normalized spacial score (nSPS) is 19.6. The highest BCUT2D eigenvalue weighted by molar-refractivity contribution is 5.40. The topological polar surface area (TPSA) is 30.5 Å². The van der Waals surface area contributed by atoms with E-state index >= 15 is 0 Å². The van der Waals surface area contributed by atoms with Gasteiger partial charge in [0.25, 0.3) is 0 Å². The Bertz CT molecular complexity index is 357. The minimum Gasteiger partial charge on any atom is -0.486 e. The minimum atomic E-state index is 0.0918. The van der Waals surface area contributed by atoms with Crippen LogP contribution in [0.2, 0.25) is 0 Å². The van der Waals surface area contributed by atoms with Gasteiger partial charge in [0.15, 0.2) is 11.5 Å². The fourth-order valence-electron chi connectivity index (χ4n) is 1.58. The van der Waals surface area contributed by atoms with Crippen LogP contribution in [0, 0.1) is 0 Å². The minimum absolute atomic E-state index is 0.0918. The monoisotopic (exact) mass is 221 g/mol. The molecule has 1 aromatic rings. The van der Waals surface area contributed by atoms with Gasteiger partial charge in [-0.05, 0) is 32.9 Å². The molecule has 0 spiro atoms. The van der Waals surface area contributed by atoms with Crippen LogP contribution in [0.1, 0.15) is 20.8 Å². The Morgan fingerprint density at radius 2 is 1.94 bits per heavy atom. The van der Waals surface area contributed by atoms with Crippen LogP contribution in [0.4, 0.5) is 0 Å². The van der Waals surface area contributed by atoms with Gasteiger partial charge in [-0.1, -0.05) is 12.1 Å². The first kappa shape index (κ1) is 11.3. The SMILES string of the molecule is CC(C)(C)NCC1COc2ccccc2O1. The van der Waals surface area contributed by atoms with Crippen LogP contribution in [-0.2, 0) is 0 Å². The molecule has 0 aromatic heterocycles. The maximum Gasteiger partial charge on any atom is 0.161 e. The van der Waals surface area contributed by atoms with Crippen LogP contribution >= 0.6 is 0 Å². The second kappa shape index (κ2) is 4.34. The van der Waals surface area contributed by atoms with Crippen molar-refractivity contribution in [2.45, 2.75) is 32.4 Å². The second-order valence-corrected chi connectivity index (χ2v) is 5.13. The standard InChI is InChI=1S/C13H19NO2/c1-13(2,3)14-8-10-9-15-11-6-4-5-7-12(11)16-10/h4-7,10,14H,8-9H2,1-3H3. The highest BCUT2D eigenvalue weighted by Gasteiger charge is 2.21. The highest BCUT2D eigenvalue weighted by Crippen LogP contribution is 2.30. The van der Waals surface area contributed by atoms with Crippen LogP contribution in [0.25, 0.3) is 0 Å². The van der Waals surface area contributed by atoms with Crippen molar-refractivity contribution in [2.75, 3.05) is 13.2 Å². The summed E-state index contributed by atoms with van der Waals surface area (Å²) in [5, 5.41) is 3.42. The zero-order valence-corrected chi connectivity index (χ0v) is 10.1. The quantitative estimate of drug-likeness (QED) is 0.830. The molecular weight excluding hydrogens is 202 g/mol. The third-order valence-electron chi connectivity index (χ3n) is 2.43. The van der Waals surface area contributed by atoms with Gasteiger partial charge >= 0.3 is 0 Å². The third kappa shape index (κ3) is 2.89. The van der Waals surface area contributed by atoms with Crippen LogP contribution < -0.4 is 14.8 Å². The van der Waals surface area contributed by atoms with E-state index in [0.717, 1.165) is 18.0 Å². The summed E-state index contributed by atoms with van der Waals surface area (Å²) in [5.74, 6) is 1.68. The molecule has 0 aliphatic carbocycles.